The van der Waals surface area contributed by atoms with Gasteiger partial charge in [-0.05, 0) is 17.2 Å². The summed E-state index contributed by atoms with van der Waals surface area (Å²) in [7, 11) is 0. The minimum atomic E-state index is -1.03. The fourth-order valence-electron chi connectivity index (χ4n) is 1.68. The number of aromatic carboxylic acids is 1. The molecule has 0 saturated heterocycles. The molecule has 0 atom stereocenters. The number of benzene rings is 2. The Labute approximate surface area is 98.3 Å². The first kappa shape index (κ1) is 11.1. The van der Waals surface area contributed by atoms with E-state index < -0.39 is 5.97 Å². The molecular weight excluding hydrogens is 216 g/mol. The summed E-state index contributed by atoms with van der Waals surface area (Å²) in [6.07, 6.45) is 0.640. The average molecular weight is 226 g/mol. The molecule has 84 valence electrons. The topological polar surface area (TPSA) is 54.4 Å². The minimum absolute atomic E-state index is 0.140. The monoisotopic (exact) mass is 226 g/mol. The van der Waals surface area contributed by atoms with Gasteiger partial charge >= 0.3 is 5.97 Å². The number of hydrogen-bond donors (Lipinski definition) is 1. The van der Waals surface area contributed by atoms with Crippen LogP contribution in [-0.2, 0) is 0 Å². The molecule has 0 aromatic heterocycles. The number of carbonyl (C=O) groups is 2. The number of carbonyl (C=O) groups excluding carboxylic acids is 1. The van der Waals surface area contributed by atoms with Crippen LogP contribution in [-0.4, -0.2) is 17.4 Å². The van der Waals surface area contributed by atoms with Crippen molar-refractivity contribution in [2.45, 2.75) is 0 Å². The van der Waals surface area contributed by atoms with Gasteiger partial charge in [-0.15, -0.1) is 0 Å². The average Bonchev–Trinajstić information content (AvgIpc) is 2.39. The van der Waals surface area contributed by atoms with Crippen molar-refractivity contribution in [2.24, 2.45) is 0 Å². The second kappa shape index (κ2) is 4.61. The highest BCUT2D eigenvalue weighted by Crippen LogP contribution is 2.24. The zero-order valence-electron chi connectivity index (χ0n) is 8.96. The summed E-state index contributed by atoms with van der Waals surface area (Å²) in [6.45, 7) is 0. The molecule has 2 aromatic rings. The van der Waals surface area contributed by atoms with Crippen LogP contribution in [0.3, 0.4) is 0 Å². The zero-order chi connectivity index (χ0) is 12.3. The number of carboxylic acid groups (broad SMARTS) is 1. The van der Waals surface area contributed by atoms with Crippen LogP contribution in [0.1, 0.15) is 20.7 Å². The van der Waals surface area contributed by atoms with Gasteiger partial charge in [0.05, 0.1) is 5.56 Å². The minimum Gasteiger partial charge on any atom is -0.478 e. The van der Waals surface area contributed by atoms with E-state index in [0.29, 0.717) is 17.4 Å². The molecule has 0 bridgehead atoms. The van der Waals surface area contributed by atoms with Gasteiger partial charge in [-0.3, -0.25) is 4.79 Å². The summed E-state index contributed by atoms with van der Waals surface area (Å²) in [4.78, 5) is 21.8. The summed E-state index contributed by atoms with van der Waals surface area (Å²) < 4.78 is 0. The molecular formula is C14H10O3. The maximum absolute atomic E-state index is 11.1. The molecule has 0 aliphatic heterocycles. The highest BCUT2D eigenvalue weighted by atomic mass is 16.4. The molecule has 0 spiro atoms. The first-order valence-electron chi connectivity index (χ1n) is 5.10. The van der Waals surface area contributed by atoms with Crippen LogP contribution in [0.4, 0.5) is 0 Å². The lowest BCUT2D eigenvalue weighted by molar-refractivity contribution is 0.0697. The molecule has 3 nitrogen and oxygen atoms in total. The fraction of sp³-hybridized carbons (Fsp3) is 0. The van der Waals surface area contributed by atoms with Gasteiger partial charge in [0.2, 0.25) is 0 Å². The largest absolute Gasteiger partial charge is 0.478 e. The lowest BCUT2D eigenvalue weighted by atomic mass is 9.98. The summed E-state index contributed by atoms with van der Waals surface area (Å²) >= 11 is 0. The second-order valence-corrected chi connectivity index (χ2v) is 3.59. The van der Waals surface area contributed by atoms with E-state index in [-0.39, 0.29) is 5.56 Å². The number of carboxylic acids is 1. The number of aldehydes is 1. The van der Waals surface area contributed by atoms with Crippen molar-refractivity contribution < 1.29 is 14.7 Å². The highest BCUT2D eigenvalue weighted by Gasteiger charge is 2.12. The Kier molecular flexibility index (Phi) is 3.01. The second-order valence-electron chi connectivity index (χ2n) is 3.59. The Bertz CT molecular complexity index is 559. The Morgan fingerprint density at radius 3 is 2.35 bits per heavy atom. The van der Waals surface area contributed by atoms with E-state index in [1.807, 2.05) is 30.3 Å². The van der Waals surface area contributed by atoms with Crippen LogP contribution in [0.2, 0.25) is 0 Å². The fourth-order valence-corrected chi connectivity index (χ4v) is 1.68. The molecule has 0 fully saturated rings. The zero-order valence-corrected chi connectivity index (χ0v) is 8.96. The molecule has 17 heavy (non-hydrogen) atoms. The SMILES string of the molecule is O=Cc1ccc(-c2ccccc2)c(C(=O)O)c1. The van der Waals surface area contributed by atoms with Gasteiger partial charge in [0.1, 0.15) is 6.29 Å². The molecule has 0 radical (unpaired) electrons. The Morgan fingerprint density at radius 2 is 1.76 bits per heavy atom. The van der Waals surface area contributed by atoms with Crippen molar-refractivity contribution in [1.29, 1.82) is 0 Å². The lowest BCUT2D eigenvalue weighted by Crippen LogP contribution is -2.00. The van der Waals surface area contributed by atoms with Gasteiger partial charge in [0.25, 0.3) is 0 Å². The van der Waals surface area contributed by atoms with Crippen molar-refractivity contribution in [3.05, 3.63) is 59.7 Å². The first-order valence-corrected chi connectivity index (χ1v) is 5.10. The molecule has 2 aromatic carbocycles. The van der Waals surface area contributed by atoms with Gasteiger partial charge in [0.15, 0.2) is 0 Å². The smallest absolute Gasteiger partial charge is 0.336 e. The van der Waals surface area contributed by atoms with Crippen molar-refractivity contribution >= 4 is 12.3 Å². The van der Waals surface area contributed by atoms with E-state index in [0.717, 1.165) is 5.56 Å². The van der Waals surface area contributed by atoms with E-state index in [1.165, 1.54) is 6.07 Å². The van der Waals surface area contributed by atoms with Crippen LogP contribution in [0.25, 0.3) is 11.1 Å². The van der Waals surface area contributed by atoms with Gasteiger partial charge in [-0.25, -0.2) is 4.79 Å². The van der Waals surface area contributed by atoms with Crippen LogP contribution in [0.15, 0.2) is 48.5 Å². The van der Waals surface area contributed by atoms with E-state index >= 15 is 0 Å². The van der Waals surface area contributed by atoms with Crippen LogP contribution in [0.5, 0.6) is 0 Å². The van der Waals surface area contributed by atoms with E-state index in [4.69, 9.17) is 5.11 Å². The molecule has 0 heterocycles. The molecule has 0 unspecified atom stereocenters. The number of rotatable bonds is 3. The normalized spacial score (nSPS) is 9.88. The third-order valence-corrected chi connectivity index (χ3v) is 2.49. The van der Waals surface area contributed by atoms with E-state index in [1.54, 1.807) is 12.1 Å². The Morgan fingerprint density at radius 1 is 1.06 bits per heavy atom. The summed E-state index contributed by atoms with van der Waals surface area (Å²) in [5.41, 5.74) is 1.94. The molecule has 0 saturated carbocycles. The predicted octanol–water partition coefficient (Wildman–Crippen LogP) is 2.86. The molecule has 3 heteroatoms. The predicted molar refractivity (Wildman–Crippen MR) is 64.2 cm³/mol. The maximum atomic E-state index is 11.1. The summed E-state index contributed by atoms with van der Waals surface area (Å²) in [6, 6.07) is 13.9. The molecule has 0 aliphatic carbocycles. The first-order chi connectivity index (χ1) is 8.22. The maximum Gasteiger partial charge on any atom is 0.336 e. The highest BCUT2D eigenvalue weighted by molar-refractivity contribution is 5.97. The van der Waals surface area contributed by atoms with Crippen LogP contribution in [0, 0.1) is 0 Å². The van der Waals surface area contributed by atoms with Crippen LogP contribution >= 0.6 is 0 Å². The molecule has 1 N–H and O–H groups in total. The third-order valence-electron chi connectivity index (χ3n) is 2.49. The van der Waals surface area contributed by atoms with Crippen molar-refractivity contribution in [3.63, 3.8) is 0 Å². The summed E-state index contributed by atoms with van der Waals surface area (Å²) in [5.74, 6) is -1.03. The quantitative estimate of drug-likeness (QED) is 0.819. The molecule has 2 rings (SSSR count). The van der Waals surface area contributed by atoms with E-state index in [9.17, 15) is 9.59 Å². The Hall–Kier alpha value is -2.42. The van der Waals surface area contributed by atoms with Crippen molar-refractivity contribution in [2.75, 3.05) is 0 Å². The standard InChI is InChI=1S/C14H10O3/c15-9-10-6-7-12(13(8-10)14(16)17)11-4-2-1-3-5-11/h1-9H,(H,16,17). The lowest BCUT2D eigenvalue weighted by Gasteiger charge is -2.06. The summed E-state index contributed by atoms with van der Waals surface area (Å²) in [5, 5.41) is 9.13. The van der Waals surface area contributed by atoms with Gasteiger partial charge in [-0.2, -0.15) is 0 Å². The van der Waals surface area contributed by atoms with Gasteiger partial charge < -0.3 is 5.11 Å². The van der Waals surface area contributed by atoms with E-state index in [2.05, 4.69) is 0 Å². The molecule has 0 aliphatic rings. The van der Waals surface area contributed by atoms with Gasteiger partial charge in [0, 0.05) is 5.56 Å². The Balaban J connectivity index is 2.62. The third kappa shape index (κ3) is 2.23. The van der Waals surface area contributed by atoms with Crippen molar-refractivity contribution in [1.82, 2.24) is 0 Å². The number of hydrogen-bond acceptors (Lipinski definition) is 2. The van der Waals surface area contributed by atoms with Crippen molar-refractivity contribution in [3.8, 4) is 11.1 Å². The molecule has 0 amide bonds. The van der Waals surface area contributed by atoms with Crippen LogP contribution < -0.4 is 0 Å². The van der Waals surface area contributed by atoms with Gasteiger partial charge in [-0.1, -0.05) is 42.5 Å².